The Balaban J connectivity index is 1.68. The lowest BCUT2D eigenvalue weighted by atomic mass is 9.97. The summed E-state index contributed by atoms with van der Waals surface area (Å²) in [5.41, 5.74) is 1.30. The van der Waals surface area contributed by atoms with Gasteiger partial charge in [0.15, 0.2) is 5.72 Å². The van der Waals surface area contributed by atoms with Crippen molar-refractivity contribution in [3.63, 3.8) is 0 Å². The summed E-state index contributed by atoms with van der Waals surface area (Å²) in [6.45, 7) is 1.84. The molecule has 1 atom stereocenters. The lowest BCUT2D eigenvalue weighted by Gasteiger charge is -2.31. The summed E-state index contributed by atoms with van der Waals surface area (Å²) in [5.74, 6) is -0.144. The van der Waals surface area contributed by atoms with Gasteiger partial charge in [-0.3, -0.25) is 4.79 Å². The minimum Gasteiger partial charge on any atom is -0.365 e. The van der Waals surface area contributed by atoms with E-state index in [4.69, 9.17) is 0 Å². The van der Waals surface area contributed by atoms with Crippen LogP contribution in [0, 0.1) is 0 Å². The molecular formula is C20H22N2O2. The van der Waals surface area contributed by atoms with E-state index >= 15 is 0 Å². The third kappa shape index (κ3) is 3.39. The van der Waals surface area contributed by atoms with Crippen LogP contribution < -0.4 is 0 Å². The Kier molecular flexibility index (Phi) is 4.76. The van der Waals surface area contributed by atoms with E-state index in [0.29, 0.717) is 18.4 Å². The van der Waals surface area contributed by atoms with Gasteiger partial charge in [0.2, 0.25) is 5.91 Å². The zero-order valence-electron chi connectivity index (χ0n) is 13.9. The maximum atomic E-state index is 12.6. The van der Waals surface area contributed by atoms with Crippen LogP contribution >= 0.6 is 0 Å². The van der Waals surface area contributed by atoms with Crippen molar-refractivity contribution in [3.05, 3.63) is 71.8 Å². The van der Waals surface area contributed by atoms with Crippen LogP contribution in [0.3, 0.4) is 0 Å². The van der Waals surface area contributed by atoms with E-state index < -0.39 is 5.72 Å². The van der Waals surface area contributed by atoms with Gasteiger partial charge in [-0.25, -0.2) is 0 Å². The van der Waals surface area contributed by atoms with Crippen LogP contribution in [0.1, 0.15) is 37.3 Å². The highest BCUT2D eigenvalue weighted by Gasteiger charge is 2.44. The molecule has 124 valence electrons. The second kappa shape index (κ2) is 6.97. The van der Waals surface area contributed by atoms with Gasteiger partial charge in [0.1, 0.15) is 0 Å². The summed E-state index contributed by atoms with van der Waals surface area (Å²) in [6.07, 6.45) is 2.29. The van der Waals surface area contributed by atoms with E-state index in [-0.39, 0.29) is 5.91 Å². The number of amides is 1. The quantitative estimate of drug-likeness (QED) is 0.916. The van der Waals surface area contributed by atoms with Gasteiger partial charge >= 0.3 is 0 Å². The normalized spacial score (nSPS) is 20.1. The lowest BCUT2D eigenvalue weighted by Crippen LogP contribution is -2.43. The molecule has 1 N–H and O–H groups in total. The molecular weight excluding hydrogens is 300 g/mol. The number of aryl methyl sites for hydroxylation is 1. The molecule has 1 amide bonds. The van der Waals surface area contributed by atoms with Crippen LogP contribution in [0.2, 0.25) is 0 Å². The molecule has 2 aromatic carbocycles. The summed E-state index contributed by atoms with van der Waals surface area (Å²) >= 11 is 0. The molecule has 2 aromatic rings. The minimum absolute atomic E-state index is 0.144. The Morgan fingerprint density at radius 3 is 2.42 bits per heavy atom. The Labute approximate surface area is 142 Å². The zero-order chi connectivity index (χ0) is 17.0. The van der Waals surface area contributed by atoms with Gasteiger partial charge < -0.3 is 5.11 Å². The molecule has 0 saturated carbocycles. The predicted octanol–water partition coefficient (Wildman–Crippen LogP) is 3.46. The summed E-state index contributed by atoms with van der Waals surface area (Å²) in [6, 6.07) is 19.4. The highest BCUT2D eigenvalue weighted by Crippen LogP contribution is 2.35. The van der Waals surface area contributed by atoms with E-state index in [9.17, 15) is 9.90 Å². The largest absolute Gasteiger partial charge is 0.365 e. The van der Waals surface area contributed by atoms with Gasteiger partial charge in [-0.1, -0.05) is 60.7 Å². The van der Waals surface area contributed by atoms with Crippen LogP contribution in [-0.4, -0.2) is 21.7 Å². The lowest BCUT2D eigenvalue weighted by molar-refractivity contribution is -0.157. The number of carbonyl (C=O) groups is 1. The second-order valence-corrected chi connectivity index (χ2v) is 6.24. The highest BCUT2D eigenvalue weighted by molar-refractivity contribution is 5.89. The molecule has 0 bridgehead atoms. The molecule has 1 heterocycles. The third-order valence-electron chi connectivity index (χ3n) is 4.29. The highest BCUT2D eigenvalue weighted by atomic mass is 16.3. The molecule has 0 fully saturated rings. The van der Waals surface area contributed by atoms with Crippen molar-refractivity contribution in [3.8, 4) is 0 Å². The maximum absolute atomic E-state index is 12.6. The Bertz CT molecular complexity index is 728. The molecule has 24 heavy (non-hydrogen) atoms. The molecule has 4 heteroatoms. The van der Waals surface area contributed by atoms with Crippen molar-refractivity contribution in [2.75, 3.05) is 0 Å². The van der Waals surface area contributed by atoms with Crippen molar-refractivity contribution in [1.82, 2.24) is 5.01 Å². The third-order valence-corrected chi connectivity index (χ3v) is 4.29. The average Bonchev–Trinajstić information content (AvgIpc) is 2.92. The van der Waals surface area contributed by atoms with Gasteiger partial charge in [-0.05, 0) is 25.3 Å². The first-order valence-corrected chi connectivity index (χ1v) is 8.28. The summed E-state index contributed by atoms with van der Waals surface area (Å²) in [4.78, 5) is 12.6. The number of carbonyl (C=O) groups excluding carboxylic acids is 1. The van der Waals surface area contributed by atoms with Crippen molar-refractivity contribution >= 4 is 11.6 Å². The zero-order valence-corrected chi connectivity index (χ0v) is 13.9. The van der Waals surface area contributed by atoms with Crippen LogP contribution in [0.25, 0.3) is 0 Å². The molecule has 0 saturated heterocycles. The Hall–Kier alpha value is -2.46. The fourth-order valence-corrected chi connectivity index (χ4v) is 3.11. The summed E-state index contributed by atoms with van der Waals surface area (Å²) in [5, 5.41) is 16.6. The van der Waals surface area contributed by atoms with Crippen molar-refractivity contribution in [1.29, 1.82) is 0 Å². The average molecular weight is 322 g/mol. The fraction of sp³-hybridized carbons (Fsp3) is 0.300. The van der Waals surface area contributed by atoms with Crippen LogP contribution in [0.4, 0.5) is 0 Å². The molecule has 0 spiro atoms. The second-order valence-electron chi connectivity index (χ2n) is 6.24. The van der Waals surface area contributed by atoms with Gasteiger partial charge in [-0.2, -0.15) is 10.1 Å². The number of hydrogen-bond donors (Lipinski definition) is 1. The van der Waals surface area contributed by atoms with Gasteiger partial charge in [-0.15, -0.1) is 0 Å². The Morgan fingerprint density at radius 2 is 1.75 bits per heavy atom. The number of hydrazone groups is 1. The maximum Gasteiger partial charge on any atom is 0.245 e. The van der Waals surface area contributed by atoms with Crippen molar-refractivity contribution < 1.29 is 9.90 Å². The number of nitrogens with zero attached hydrogens (tertiary/aromatic N) is 2. The Morgan fingerprint density at radius 1 is 1.12 bits per heavy atom. The molecule has 0 unspecified atom stereocenters. The van der Waals surface area contributed by atoms with E-state index in [1.807, 2.05) is 55.5 Å². The van der Waals surface area contributed by atoms with Gasteiger partial charge in [0, 0.05) is 24.1 Å². The first kappa shape index (κ1) is 16.4. The smallest absolute Gasteiger partial charge is 0.245 e. The first-order chi connectivity index (χ1) is 11.6. The number of benzene rings is 2. The van der Waals surface area contributed by atoms with Crippen LogP contribution in [0.15, 0.2) is 65.8 Å². The van der Waals surface area contributed by atoms with Gasteiger partial charge in [0.05, 0.1) is 0 Å². The molecule has 0 aliphatic carbocycles. The summed E-state index contributed by atoms with van der Waals surface area (Å²) in [7, 11) is 0. The molecule has 0 aromatic heterocycles. The predicted molar refractivity (Wildman–Crippen MR) is 94.3 cm³/mol. The fourth-order valence-electron chi connectivity index (χ4n) is 3.11. The van der Waals surface area contributed by atoms with E-state index in [0.717, 1.165) is 18.6 Å². The van der Waals surface area contributed by atoms with E-state index in [2.05, 4.69) is 17.2 Å². The molecule has 4 nitrogen and oxygen atoms in total. The molecule has 0 radical (unpaired) electrons. The van der Waals surface area contributed by atoms with Crippen LogP contribution in [-0.2, 0) is 16.9 Å². The molecule has 1 aliphatic heterocycles. The summed E-state index contributed by atoms with van der Waals surface area (Å²) < 4.78 is 0. The van der Waals surface area contributed by atoms with Crippen molar-refractivity contribution in [2.24, 2.45) is 5.10 Å². The first-order valence-electron chi connectivity index (χ1n) is 8.28. The van der Waals surface area contributed by atoms with E-state index in [1.165, 1.54) is 10.6 Å². The number of rotatable bonds is 5. The number of aliphatic hydroxyl groups is 1. The number of hydrogen-bond acceptors (Lipinski definition) is 3. The van der Waals surface area contributed by atoms with Crippen LogP contribution in [0.5, 0.6) is 0 Å². The topological polar surface area (TPSA) is 52.9 Å². The standard InChI is InChI=1S/C20H22N2O2/c1-16-15-20(24,18-12-6-3-7-13-18)22(21-16)19(23)14-8-11-17-9-4-2-5-10-17/h2-7,9-10,12-13,24H,8,11,14-15H2,1H3/t20-/m1/s1. The van der Waals surface area contributed by atoms with Gasteiger partial charge in [0.25, 0.3) is 0 Å². The van der Waals surface area contributed by atoms with E-state index in [1.54, 1.807) is 0 Å². The monoisotopic (exact) mass is 322 g/mol. The molecule has 1 aliphatic rings. The minimum atomic E-state index is -1.37. The SMILES string of the molecule is CC1=NN(C(=O)CCCc2ccccc2)[C@](O)(c2ccccc2)C1. The van der Waals surface area contributed by atoms with Crippen molar-refractivity contribution in [2.45, 2.75) is 38.3 Å². The molecule has 3 rings (SSSR count).